The van der Waals surface area contributed by atoms with Crippen LogP contribution in [0.4, 0.5) is 0 Å². The fourth-order valence-electron chi connectivity index (χ4n) is 4.56. The molecule has 0 spiro atoms. The number of hydrogen-bond acceptors (Lipinski definition) is 3. The van der Waals surface area contributed by atoms with E-state index in [1.165, 1.54) is 32.1 Å². The molecule has 1 aliphatic heterocycles. The van der Waals surface area contributed by atoms with Crippen LogP contribution < -0.4 is 5.32 Å². The molecule has 118 valence electrons. The van der Waals surface area contributed by atoms with E-state index in [0.717, 1.165) is 6.54 Å². The Morgan fingerprint density at radius 2 is 1.71 bits per heavy atom. The summed E-state index contributed by atoms with van der Waals surface area (Å²) in [6.45, 7) is 7.66. The van der Waals surface area contributed by atoms with Gasteiger partial charge in [0, 0.05) is 12.6 Å². The Kier molecular flexibility index (Phi) is 3.85. The van der Waals surface area contributed by atoms with Crippen molar-refractivity contribution in [2.45, 2.75) is 58.9 Å². The zero-order valence-corrected chi connectivity index (χ0v) is 13.5. The summed E-state index contributed by atoms with van der Waals surface area (Å²) in [7, 11) is 0. The molecule has 1 N–H and O–H groups in total. The van der Waals surface area contributed by atoms with Crippen LogP contribution in [0.15, 0.2) is 0 Å². The second-order valence-corrected chi connectivity index (χ2v) is 7.63. The number of piperidine rings is 1. The van der Waals surface area contributed by atoms with Crippen molar-refractivity contribution in [1.82, 2.24) is 10.2 Å². The number of imide groups is 1. The molecule has 2 saturated carbocycles. The third-order valence-corrected chi connectivity index (χ3v) is 5.96. The number of nitrogens with one attached hydrogen (secondary N) is 1. The zero-order valence-electron chi connectivity index (χ0n) is 13.5. The monoisotopic (exact) mass is 292 g/mol. The molecule has 0 bridgehead atoms. The van der Waals surface area contributed by atoms with Crippen LogP contribution in [-0.2, 0) is 9.59 Å². The van der Waals surface area contributed by atoms with Gasteiger partial charge >= 0.3 is 0 Å². The predicted molar refractivity (Wildman–Crippen MR) is 81.5 cm³/mol. The minimum Gasteiger partial charge on any atom is -0.312 e. The highest BCUT2D eigenvalue weighted by molar-refractivity contribution is 6.10. The van der Waals surface area contributed by atoms with Crippen LogP contribution >= 0.6 is 0 Å². The molecule has 3 atom stereocenters. The summed E-state index contributed by atoms with van der Waals surface area (Å²) in [6.07, 6.45) is 6.35. The Balaban J connectivity index is 1.66. The summed E-state index contributed by atoms with van der Waals surface area (Å²) in [5.74, 6) is 0.684. The first-order chi connectivity index (χ1) is 9.98. The smallest absolute Gasteiger partial charge is 0.233 e. The van der Waals surface area contributed by atoms with Crippen molar-refractivity contribution in [3.63, 3.8) is 0 Å². The van der Waals surface area contributed by atoms with Gasteiger partial charge in [-0.2, -0.15) is 0 Å². The molecule has 0 aromatic heterocycles. The summed E-state index contributed by atoms with van der Waals surface area (Å²) < 4.78 is 0. The molecule has 0 aromatic rings. The number of nitrogens with zero attached hydrogens (tertiary/aromatic N) is 1. The maximum atomic E-state index is 12.5. The molecule has 0 radical (unpaired) electrons. The quantitative estimate of drug-likeness (QED) is 0.790. The van der Waals surface area contributed by atoms with Gasteiger partial charge in [-0.3, -0.25) is 14.5 Å². The lowest BCUT2D eigenvalue weighted by Gasteiger charge is -2.34. The number of rotatable bonds is 5. The first-order valence-electron chi connectivity index (χ1n) is 8.57. The summed E-state index contributed by atoms with van der Waals surface area (Å²) >= 11 is 0. The number of likely N-dealkylation sites (tertiary alicyclic amines) is 1. The van der Waals surface area contributed by atoms with Gasteiger partial charge in [0.1, 0.15) is 0 Å². The number of fused-ring (bicyclic) bond motifs is 1. The zero-order chi connectivity index (χ0) is 15.2. The molecule has 3 fully saturated rings. The number of carbonyl (C=O) groups excluding carboxylic acids is 2. The molecule has 4 heteroatoms. The molecule has 1 saturated heterocycles. The second-order valence-electron chi connectivity index (χ2n) is 7.63. The molecule has 1 heterocycles. The highest BCUT2D eigenvalue weighted by Crippen LogP contribution is 2.63. The third kappa shape index (κ3) is 2.41. The van der Waals surface area contributed by atoms with E-state index in [1.54, 1.807) is 4.90 Å². The molecule has 21 heavy (non-hydrogen) atoms. The number of likely N-dealkylation sites (N-methyl/N-ethyl adjacent to an activating group) is 1. The van der Waals surface area contributed by atoms with E-state index in [2.05, 4.69) is 12.2 Å². The maximum absolute atomic E-state index is 12.5. The Hall–Kier alpha value is -0.900. The Morgan fingerprint density at radius 3 is 2.24 bits per heavy atom. The van der Waals surface area contributed by atoms with Crippen molar-refractivity contribution in [1.29, 1.82) is 0 Å². The third-order valence-electron chi connectivity index (χ3n) is 5.96. The lowest BCUT2D eigenvalue weighted by molar-refractivity contribution is -0.143. The molecule has 2 amide bonds. The minimum atomic E-state index is -0.0941. The normalized spacial score (nSPS) is 33.2. The van der Waals surface area contributed by atoms with Crippen molar-refractivity contribution in [3.8, 4) is 0 Å². The van der Waals surface area contributed by atoms with Crippen LogP contribution in [0, 0.1) is 23.2 Å². The number of hydrogen-bond donors (Lipinski definition) is 1. The van der Waals surface area contributed by atoms with Crippen LogP contribution in [0.5, 0.6) is 0 Å². The van der Waals surface area contributed by atoms with Crippen molar-refractivity contribution >= 4 is 11.8 Å². The SMILES string of the molecule is CCNC(CN1C(=O)C2C(C1=O)C2(C)C)C1CCCCC1. The summed E-state index contributed by atoms with van der Waals surface area (Å²) in [4.78, 5) is 26.5. The highest BCUT2D eigenvalue weighted by Gasteiger charge is 2.72. The van der Waals surface area contributed by atoms with Crippen molar-refractivity contribution < 1.29 is 9.59 Å². The van der Waals surface area contributed by atoms with E-state index >= 15 is 0 Å². The maximum Gasteiger partial charge on any atom is 0.233 e. The van der Waals surface area contributed by atoms with Crippen molar-refractivity contribution in [2.75, 3.05) is 13.1 Å². The first kappa shape index (κ1) is 15.0. The Morgan fingerprint density at radius 1 is 1.14 bits per heavy atom. The van der Waals surface area contributed by atoms with Crippen LogP contribution in [0.25, 0.3) is 0 Å². The van der Waals surface area contributed by atoms with Gasteiger partial charge in [-0.05, 0) is 30.7 Å². The van der Waals surface area contributed by atoms with Gasteiger partial charge in [0.25, 0.3) is 0 Å². The highest BCUT2D eigenvalue weighted by atomic mass is 16.2. The Labute approximate surface area is 127 Å². The van der Waals surface area contributed by atoms with Crippen molar-refractivity contribution in [2.24, 2.45) is 23.2 Å². The standard InChI is InChI=1S/C17H28N2O2/c1-4-18-12(11-8-6-5-7-9-11)10-19-15(20)13-14(16(19)21)17(13,2)3/h11-14,18H,4-10H2,1-3H3. The molecule has 2 aliphatic carbocycles. The lowest BCUT2D eigenvalue weighted by Crippen LogP contribution is -2.49. The lowest BCUT2D eigenvalue weighted by atomic mass is 9.83. The van der Waals surface area contributed by atoms with E-state index in [4.69, 9.17) is 0 Å². The van der Waals surface area contributed by atoms with Crippen LogP contribution in [0.3, 0.4) is 0 Å². The van der Waals surface area contributed by atoms with Gasteiger partial charge in [0.2, 0.25) is 11.8 Å². The van der Waals surface area contributed by atoms with Gasteiger partial charge in [0.15, 0.2) is 0 Å². The second kappa shape index (κ2) is 5.38. The van der Waals surface area contributed by atoms with E-state index in [-0.39, 0.29) is 35.1 Å². The summed E-state index contributed by atoms with van der Waals surface area (Å²) in [5.41, 5.74) is -0.0941. The largest absolute Gasteiger partial charge is 0.312 e. The van der Waals surface area contributed by atoms with E-state index < -0.39 is 0 Å². The van der Waals surface area contributed by atoms with E-state index in [9.17, 15) is 9.59 Å². The number of carbonyl (C=O) groups is 2. The molecule has 3 unspecified atom stereocenters. The van der Waals surface area contributed by atoms with Gasteiger partial charge in [-0.15, -0.1) is 0 Å². The van der Waals surface area contributed by atoms with Crippen LogP contribution in [-0.4, -0.2) is 35.8 Å². The van der Waals surface area contributed by atoms with Gasteiger partial charge in [0.05, 0.1) is 11.8 Å². The first-order valence-corrected chi connectivity index (χ1v) is 8.57. The Bertz CT molecular complexity index is 416. The van der Waals surface area contributed by atoms with Gasteiger partial charge < -0.3 is 5.32 Å². The molecular formula is C17H28N2O2. The number of amides is 2. The average Bonchev–Trinajstić information content (AvgIpc) is 2.94. The van der Waals surface area contributed by atoms with Crippen LogP contribution in [0.1, 0.15) is 52.9 Å². The predicted octanol–water partition coefficient (Wildman–Crippen LogP) is 2.19. The fourth-order valence-corrected chi connectivity index (χ4v) is 4.56. The van der Waals surface area contributed by atoms with Crippen molar-refractivity contribution in [3.05, 3.63) is 0 Å². The van der Waals surface area contributed by atoms with Gasteiger partial charge in [-0.25, -0.2) is 0 Å². The fraction of sp³-hybridized carbons (Fsp3) is 0.882. The van der Waals surface area contributed by atoms with Crippen LogP contribution in [0.2, 0.25) is 0 Å². The minimum absolute atomic E-state index is 0.0429. The molecule has 0 aromatic carbocycles. The van der Waals surface area contributed by atoms with E-state index in [0.29, 0.717) is 12.5 Å². The summed E-state index contributed by atoms with van der Waals surface area (Å²) in [6, 6.07) is 0.281. The molecule has 3 aliphatic rings. The van der Waals surface area contributed by atoms with E-state index in [1.807, 2.05) is 13.8 Å². The molecule has 3 rings (SSSR count). The molecule has 4 nitrogen and oxygen atoms in total. The average molecular weight is 292 g/mol. The molecular weight excluding hydrogens is 264 g/mol. The van der Waals surface area contributed by atoms with Gasteiger partial charge in [-0.1, -0.05) is 40.0 Å². The topological polar surface area (TPSA) is 49.4 Å². The summed E-state index contributed by atoms with van der Waals surface area (Å²) in [5, 5.41) is 3.52.